The van der Waals surface area contributed by atoms with Gasteiger partial charge in [-0.1, -0.05) is 26.0 Å². The first-order chi connectivity index (χ1) is 10.5. The maximum absolute atomic E-state index is 9.73. The number of hydrogen-bond acceptors (Lipinski definition) is 4. The maximum atomic E-state index is 9.73. The second-order valence-electron chi connectivity index (χ2n) is 5.53. The van der Waals surface area contributed by atoms with E-state index in [0.717, 1.165) is 24.0 Å². The summed E-state index contributed by atoms with van der Waals surface area (Å²) in [6.45, 7) is 4.13. The molecular weight excluding hydrogens is 280 g/mol. The van der Waals surface area contributed by atoms with Crippen molar-refractivity contribution in [2.24, 2.45) is 0 Å². The van der Waals surface area contributed by atoms with Gasteiger partial charge in [0.05, 0.1) is 0 Å². The summed E-state index contributed by atoms with van der Waals surface area (Å²) in [4.78, 5) is 0. The zero-order valence-electron chi connectivity index (χ0n) is 12.8. The summed E-state index contributed by atoms with van der Waals surface area (Å²) in [7, 11) is 0. The van der Waals surface area contributed by atoms with Crippen molar-refractivity contribution in [2.75, 3.05) is 0 Å². The lowest BCUT2D eigenvalue weighted by molar-refractivity contribution is 0.399. The van der Waals surface area contributed by atoms with Crippen LogP contribution in [0, 0.1) is 0 Å². The Hall–Kier alpha value is -2.36. The van der Waals surface area contributed by atoms with Crippen LogP contribution >= 0.6 is 0 Å². The first kappa shape index (κ1) is 16.0. The quantitative estimate of drug-likeness (QED) is 0.624. The lowest BCUT2D eigenvalue weighted by Crippen LogP contribution is -2.10. The van der Waals surface area contributed by atoms with Gasteiger partial charge in [0.1, 0.15) is 0 Å². The van der Waals surface area contributed by atoms with Crippen molar-refractivity contribution in [2.45, 2.75) is 38.5 Å². The van der Waals surface area contributed by atoms with Crippen LogP contribution in [0.1, 0.15) is 49.7 Å². The SMILES string of the molecule is CC[C@H](c1ccc(O)c(O)c1)[C@@H](CC)c1ccc(O)c(O)c1. The first-order valence-corrected chi connectivity index (χ1v) is 7.51. The lowest BCUT2D eigenvalue weighted by atomic mass is 9.78. The molecule has 4 nitrogen and oxygen atoms in total. The van der Waals surface area contributed by atoms with Crippen LogP contribution in [0.25, 0.3) is 0 Å². The van der Waals surface area contributed by atoms with Gasteiger partial charge in [-0.15, -0.1) is 0 Å². The molecule has 0 fully saturated rings. The van der Waals surface area contributed by atoms with E-state index in [1.54, 1.807) is 12.1 Å². The van der Waals surface area contributed by atoms with Crippen LogP contribution in [0.15, 0.2) is 36.4 Å². The van der Waals surface area contributed by atoms with Gasteiger partial charge in [0.15, 0.2) is 23.0 Å². The van der Waals surface area contributed by atoms with E-state index in [1.165, 1.54) is 12.1 Å². The summed E-state index contributed by atoms with van der Waals surface area (Å²) >= 11 is 0. The highest BCUT2D eigenvalue weighted by molar-refractivity contribution is 5.45. The van der Waals surface area contributed by atoms with E-state index in [-0.39, 0.29) is 34.8 Å². The molecule has 0 saturated heterocycles. The smallest absolute Gasteiger partial charge is 0.157 e. The number of aromatic hydroxyl groups is 4. The fourth-order valence-electron chi connectivity index (χ4n) is 3.05. The molecule has 2 aromatic carbocycles. The highest BCUT2D eigenvalue weighted by Crippen LogP contribution is 2.42. The largest absolute Gasteiger partial charge is 0.504 e. The van der Waals surface area contributed by atoms with Gasteiger partial charge < -0.3 is 20.4 Å². The minimum Gasteiger partial charge on any atom is -0.504 e. The molecule has 0 aromatic heterocycles. The Morgan fingerprint density at radius 1 is 0.636 bits per heavy atom. The van der Waals surface area contributed by atoms with Crippen LogP contribution in [-0.4, -0.2) is 20.4 Å². The fourth-order valence-corrected chi connectivity index (χ4v) is 3.05. The van der Waals surface area contributed by atoms with Gasteiger partial charge in [-0.25, -0.2) is 0 Å². The van der Waals surface area contributed by atoms with Crippen LogP contribution in [0.3, 0.4) is 0 Å². The van der Waals surface area contributed by atoms with Gasteiger partial charge in [-0.05, 0) is 60.1 Å². The molecule has 0 unspecified atom stereocenters. The Bertz CT molecular complexity index is 594. The summed E-state index contributed by atoms with van der Waals surface area (Å²) in [5.41, 5.74) is 1.88. The zero-order chi connectivity index (χ0) is 16.3. The van der Waals surface area contributed by atoms with E-state index >= 15 is 0 Å². The molecule has 4 N–H and O–H groups in total. The lowest BCUT2D eigenvalue weighted by Gasteiger charge is -2.26. The topological polar surface area (TPSA) is 80.9 Å². The van der Waals surface area contributed by atoms with E-state index in [4.69, 9.17) is 0 Å². The number of rotatable bonds is 5. The van der Waals surface area contributed by atoms with E-state index in [0.29, 0.717) is 0 Å². The molecule has 0 radical (unpaired) electrons. The van der Waals surface area contributed by atoms with Crippen LogP contribution in [-0.2, 0) is 0 Å². The van der Waals surface area contributed by atoms with E-state index in [9.17, 15) is 20.4 Å². The molecular formula is C18H22O4. The van der Waals surface area contributed by atoms with Crippen molar-refractivity contribution in [3.63, 3.8) is 0 Å². The summed E-state index contributed by atoms with van der Waals surface area (Å²) in [6.07, 6.45) is 1.70. The Labute approximate surface area is 130 Å². The molecule has 0 saturated carbocycles. The van der Waals surface area contributed by atoms with Crippen molar-refractivity contribution in [3.8, 4) is 23.0 Å². The van der Waals surface area contributed by atoms with E-state index in [2.05, 4.69) is 13.8 Å². The molecule has 22 heavy (non-hydrogen) atoms. The molecule has 0 heterocycles. The van der Waals surface area contributed by atoms with E-state index in [1.807, 2.05) is 12.1 Å². The fraction of sp³-hybridized carbons (Fsp3) is 0.333. The molecule has 0 aliphatic rings. The highest BCUT2D eigenvalue weighted by atomic mass is 16.3. The van der Waals surface area contributed by atoms with Crippen molar-refractivity contribution in [3.05, 3.63) is 47.5 Å². The molecule has 2 rings (SSSR count). The average Bonchev–Trinajstić information content (AvgIpc) is 2.50. The molecule has 0 amide bonds. The van der Waals surface area contributed by atoms with Gasteiger partial charge >= 0.3 is 0 Å². The molecule has 118 valence electrons. The summed E-state index contributed by atoms with van der Waals surface area (Å²) in [6, 6.07) is 9.79. The second-order valence-corrected chi connectivity index (χ2v) is 5.53. The molecule has 2 atom stereocenters. The van der Waals surface area contributed by atoms with Crippen LogP contribution in [0.2, 0.25) is 0 Å². The standard InChI is InChI=1S/C18H22O4/c1-3-13(11-5-7-15(19)17(21)9-11)14(4-2)12-6-8-16(20)18(22)10-12/h5-10,13-14,19-22H,3-4H2,1-2H3/t13-,14+. The first-order valence-electron chi connectivity index (χ1n) is 7.51. The normalized spacial score (nSPS) is 13.7. The Morgan fingerprint density at radius 3 is 1.27 bits per heavy atom. The third-order valence-corrected chi connectivity index (χ3v) is 4.22. The molecule has 0 spiro atoms. The molecule has 0 aliphatic heterocycles. The number of benzene rings is 2. The monoisotopic (exact) mass is 302 g/mol. The van der Waals surface area contributed by atoms with Crippen LogP contribution < -0.4 is 0 Å². The van der Waals surface area contributed by atoms with Gasteiger partial charge in [-0.3, -0.25) is 0 Å². The number of hydrogen-bond donors (Lipinski definition) is 4. The summed E-state index contributed by atoms with van der Waals surface area (Å²) < 4.78 is 0. The minimum atomic E-state index is -0.131. The molecule has 2 aromatic rings. The third kappa shape index (κ3) is 3.11. The molecule has 4 heteroatoms. The zero-order valence-corrected chi connectivity index (χ0v) is 12.8. The third-order valence-electron chi connectivity index (χ3n) is 4.22. The predicted octanol–water partition coefficient (Wildman–Crippen LogP) is 4.20. The maximum Gasteiger partial charge on any atom is 0.157 e. The number of phenolic OH excluding ortho intramolecular Hbond substituents is 4. The van der Waals surface area contributed by atoms with E-state index < -0.39 is 0 Å². The van der Waals surface area contributed by atoms with Gasteiger partial charge in [0.2, 0.25) is 0 Å². The van der Waals surface area contributed by atoms with Crippen LogP contribution in [0.5, 0.6) is 23.0 Å². The number of phenols is 4. The molecule has 0 bridgehead atoms. The predicted molar refractivity (Wildman–Crippen MR) is 85.6 cm³/mol. The minimum absolute atomic E-state index is 0.126. The summed E-state index contributed by atoms with van der Waals surface area (Å²) in [5, 5.41) is 38.4. The van der Waals surface area contributed by atoms with Crippen molar-refractivity contribution >= 4 is 0 Å². The van der Waals surface area contributed by atoms with Crippen molar-refractivity contribution in [1.82, 2.24) is 0 Å². The Balaban J connectivity index is 2.41. The second kappa shape index (κ2) is 6.60. The van der Waals surface area contributed by atoms with Gasteiger partial charge in [0, 0.05) is 0 Å². The Morgan fingerprint density at radius 2 is 1.00 bits per heavy atom. The van der Waals surface area contributed by atoms with Crippen LogP contribution in [0.4, 0.5) is 0 Å². The van der Waals surface area contributed by atoms with Gasteiger partial charge in [0.25, 0.3) is 0 Å². The molecule has 0 aliphatic carbocycles. The van der Waals surface area contributed by atoms with Gasteiger partial charge in [-0.2, -0.15) is 0 Å². The highest BCUT2D eigenvalue weighted by Gasteiger charge is 2.23. The van der Waals surface area contributed by atoms with Crippen molar-refractivity contribution < 1.29 is 20.4 Å². The Kier molecular flexibility index (Phi) is 4.81. The van der Waals surface area contributed by atoms with Crippen molar-refractivity contribution in [1.29, 1.82) is 0 Å². The average molecular weight is 302 g/mol. The summed E-state index contributed by atoms with van der Waals surface area (Å²) in [5.74, 6) is -0.234.